The van der Waals surface area contributed by atoms with E-state index in [2.05, 4.69) is 50.4 Å². The monoisotopic (exact) mass is 1120 g/mol. The van der Waals surface area contributed by atoms with Gasteiger partial charge in [-0.3, -0.25) is 18.6 Å². The van der Waals surface area contributed by atoms with Crippen LogP contribution in [-0.2, 0) is 27.9 Å². The number of carbonyl (C=O) groups excluding carboxylic acids is 2. The van der Waals surface area contributed by atoms with Gasteiger partial charge in [0, 0.05) is 12.8 Å². The number of unbranched alkanes of at least 4 members (excludes halogenated alkanes) is 42. The molecule has 0 saturated heterocycles. The number of quaternary nitrogens is 1. The first-order valence-electron chi connectivity index (χ1n) is 33.8. The lowest BCUT2D eigenvalue weighted by Crippen LogP contribution is -2.47. The van der Waals surface area contributed by atoms with Gasteiger partial charge in [-0.25, -0.2) is 4.57 Å². The summed E-state index contributed by atoms with van der Waals surface area (Å²) < 4.78 is 30.7. The Morgan fingerprint density at radius 3 is 1.10 bits per heavy atom. The largest absolute Gasteiger partial charge is 0.472 e. The Balaban J connectivity index is 4.96. The normalized spacial score (nSPS) is 13.8. The topological polar surface area (TPSA) is 111 Å². The van der Waals surface area contributed by atoms with Gasteiger partial charge in [0.2, 0.25) is 5.91 Å². The molecule has 9 nitrogen and oxygen atoms in total. The molecule has 0 aliphatic carbocycles. The fraction of sp³-hybridized carbons (Fsp3) is 0.882. The zero-order valence-corrected chi connectivity index (χ0v) is 53.6. The minimum absolute atomic E-state index is 0.0398. The third-order valence-electron chi connectivity index (χ3n) is 15.3. The summed E-state index contributed by atoms with van der Waals surface area (Å²) in [4.78, 5) is 37.7. The molecular weight excluding hydrogens is 988 g/mol. The zero-order valence-electron chi connectivity index (χ0n) is 52.7. The molecule has 0 aromatic rings. The number of rotatable bonds is 62. The van der Waals surface area contributed by atoms with Crippen LogP contribution < -0.4 is 5.32 Å². The third-order valence-corrected chi connectivity index (χ3v) is 16.3. The molecule has 10 heteroatoms. The second-order valence-corrected chi connectivity index (χ2v) is 25.8. The zero-order chi connectivity index (χ0) is 57.2. The van der Waals surface area contributed by atoms with Crippen LogP contribution in [0.1, 0.15) is 335 Å². The Labute approximate surface area is 485 Å². The molecule has 0 heterocycles. The molecule has 0 rings (SSSR count). The summed E-state index contributed by atoms with van der Waals surface area (Å²) >= 11 is 0. The maximum atomic E-state index is 13.5. The first kappa shape index (κ1) is 76.2. The minimum atomic E-state index is -4.45. The highest BCUT2D eigenvalue weighted by molar-refractivity contribution is 7.47. The molecule has 0 aliphatic heterocycles. The number of hydrogen-bond donors (Lipinski definition) is 2. The van der Waals surface area contributed by atoms with Gasteiger partial charge in [0.05, 0.1) is 33.8 Å². The summed E-state index contributed by atoms with van der Waals surface area (Å²) in [6.45, 7) is 7.03. The average molecular weight is 1120 g/mol. The highest BCUT2D eigenvalue weighted by Gasteiger charge is 2.30. The molecular formula is C68H132N2O7P+. The molecule has 0 radical (unpaired) electrons. The number of nitrogens with zero attached hydrogens (tertiary/aromatic N) is 1. The van der Waals surface area contributed by atoms with Gasteiger partial charge in [0.25, 0.3) is 0 Å². The Morgan fingerprint density at radius 2 is 0.744 bits per heavy atom. The van der Waals surface area contributed by atoms with Crippen LogP contribution in [-0.4, -0.2) is 74.3 Å². The highest BCUT2D eigenvalue weighted by Crippen LogP contribution is 2.43. The number of phosphoric ester groups is 1. The Hall–Kier alpha value is -1.77. The van der Waals surface area contributed by atoms with Gasteiger partial charge in [-0.1, -0.05) is 276 Å². The van der Waals surface area contributed by atoms with Crippen LogP contribution in [0.15, 0.2) is 36.5 Å². The van der Waals surface area contributed by atoms with Crippen LogP contribution >= 0.6 is 7.82 Å². The van der Waals surface area contributed by atoms with E-state index in [1.54, 1.807) is 0 Å². The molecule has 0 spiro atoms. The number of hydrogen-bond acceptors (Lipinski definition) is 6. The lowest BCUT2D eigenvalue weighted by Gasteiger charge is -2.27. The smallest absolute Gasteiger partial charge is 0.456 e. The maximum absolute atomic E-state index is 13.5. The van der Waals surface area contributed by atoms with Crippen molar-refractivity contribution in [2.24, 2.45) is 0 Å². The number of ether oxygens (including phenoxy) is 1. The molecule has 0 fully saturated rings. The molecule has 78 heavy (non-hydrogen) atoms. The molecule has 0 bridgehead atoms. The van der Waals surface area contributed by atoms with Crippen molar-refractivity contribution in [2.45, 2.75) is 348 Å². The van der Waals surface area contributed by atoms with E-state index < -0.39 is 20.0 Å². The summed E-state index contributed by atoms with van der Waals surface area (Å²) in [5.41, 5.74) is 0. The van der Waals surface area contributed by atoms with Crippen molar-refractivity contribution >= 4 is 19.7 Å². The number of esters is 1. The van der Waals surface area contributed by atoms with Gasteiger partial charge in [0.1, 0.15) is 19.3 Å². The van der Waals surface area contributed by atoms with Crippen LogP contribution in [0.4, 0.5) is 0 Å². The number of nitrogens with one attached hydrogen (secondary N) is 1. The Kier molecular flexibility index (Phi) is 57.1. The van der Waals surface area contributed by atoms with Gasteiger partial charge in [-0.05, 0) is 83.1 Å². The predicted octanol–water partition coefficient (Wildman–Crippen LogP) is 21.1. The van der Waals surface area contributed by atoms with Crippen molar-refractivity contribution in [3.63, 3.8) is 0 Å². The second kappa shape index (κ2) is 58.4. The minimum Gasteiger partial charge on any atom is -0.456 e. The van der Waals surface area contributed by atoms with Gasteiger partial charge in [-0.2, -0.15) is 0 Å². The van der Waals surface area contributed by atoms with E-state index in [1.165, 1.54) is 231 Å². The van der Waals surface area contributed by atoms with Gasteiger partial charge in [-0.15, -0.1) is 0 Å². The summed E-state index contributed by atoms with van der Waals surface area (Å²) in [5, 5.41) is 3.05. The van der Waals surface area contributed by atoms with Crippen LogP contribution in [0.5, 0.6) is 0 Å². The van der Waals surface area contributed by atoms with Gasteiger partial charge in [0.15, 0.2) is 0 Å². The van der Waals surface area contributed by atoms with E-state index in [0.29, 0.717) is 23.9 Å². The molecule has 1 amide bonds. The fourth-order valence-electron chi connectivity index (χ4n) is 10.0. The number of phosphoric acid groups is 1. The molecule has 3 atom stereocenters. The molecule has 0 aromatic carbocycles. The molecule has 2 N–H and O–H groups in total. The van der Waals surface area contributed by atoms with Crippen molar-refractivity contribution in [3.05, 3.63) is 36.5 Å². The lowest BCUT2D eigenvalue weighted by atomic mass is 10.0. The first-order valence-corrected chi connectivity index (χ1v) is 35.3. The van der Waals surface area contributed by atoms with Crippen LogP contribution in [0.3, 0.4) is 0 Å². The Morgan fingerprint density at radius 1 is 0.436 bits per heavy atom. The standard InChI is InChI=1S/C68H131N2O7P/c1-7-10-13-16-19-22-25-27-29-30-31-32-33-34-35-36-37-38-39-40-41-43-46-49-52-55-58-61-68(72)77-66(59-56-53-50-47-44-24-21-18-15-12-9-3)65(64-76-78(73,74)75-63-62-70(4,5)6)69-67(71)60-57-54-51-48-45-42-28-26-23-20-17-14-11-8-2/h27,29,42,45,56,59,65-66H,7-26,28,30-41,43-44,46-55,57-58,60-64H2,1-6H3,(H-,69,71,73,74)/p+1/b29-27+,45-42-,59-56-. The summed E-state index contributed by atoms with van der Waals surface area (Å²) in [6.07, 6.45) is 71.7. The number of allylic oxidation sites excluding steroid dienone is 5. The van der Waals surface area contributed by atoms with Crippen molar-refractivity contribution in [3.8, 4) is 0 Å². The van der Waals surface area contributed by atoms with E-state index in [0.717, 1.165) is 70.6 Å². The number of carbonyl (C=O) groups is 2. The molecule has 3 unspecified atom stereocenters. The molecule has 0 aliphatic rings. The average Bonchev–Trinajstić information content (AvgIpc) is 3.40. The quantitative estimate of drug-likeness (QED) is 0.0205. The SMILES string of the molecule is CCCCCCCC/C=C/CCCCCCCCCCCCCCCCCCCC(=O)OC(/C=C\CCCCCCCCCCC)C(COP(=O)(O)OCC[N+](C)(C)C)NC(=O)CCCCC/C=C\CCCCCCCCC. The molecule has 0 aromatic heterocycles. The van der Waals surface area contributed by atoms with Crippen LogP contribution in [0.2, 0.25) is 0 Å². The van der Waals surface area contributed by atoms with Crippen LogP contribution in [0.25, 0.3) is 0 Å². The summed E-state index contributed by atoms with van der Waals surface area (Å²) in [5.74, 6) is -0.509. The molecule has 460 valence electrons. The summed E-state index contributed by atoms with van der Waals surface area (Å²) in [6, 6.07) is -0.852. The van der Waals surface area contributed by atoms with E-state index in [9.17, 15) is 19.0 Å². The third kappa shape index (κ3) is 58.9. The van der Waals surface area contributed by atoms with Crippen LogP contribution in [0, 0.1) is 0 Å². The lowest BCUT2D eigenvalue weighted by molar-refractivity contribution is -0.870. The first-order chi connectivity index (χ1) is 37.9. The number of likely N-dealkylation sites (N-methyl/N-ethyl adjacent to an activating group) is 1. The second-order valence-electron chi connectivity index (χ2n) is 24.3. The van der Waals surface area contributed by atoms with Crippen molar-refractivity contribution in [1.29, 1.82) is 0 Å². The van der Waals surface area contributed by atoms with E-state index in [1.807, 2.05) is 33.3 Å². The van der Waals surface area contributed by atoms with E-state index in [4.69, 9.17) is 13.8 Å². The van der Waals surface area contributed by atoms with Gasteiger partial charge < -0.3 is 19.4 Å². The molecule has 0 saturated carbocycles. The van der Waals surface area contributed by atoms with Crippen molar-refractivity contribution in [1.82, 2.24) is 5.32 Å². The number of amides is 1. The summed E-state index contributed by atoms with van der Waals surface area (Å²) in [7, 11) is 1.50. The fourth-order valence-corrected chi connectivity index (χ4v) is 10.8. The highest BCUT2D eigenvalue weighted by atomic mass is 31.2. The van der Waals surface area contributed by atoms with Crippen molar-refractivity contribution in [2.75, 3.05) is 40.9 Å². The van der Waals surface area contributed by atoms with Crippen molar-refractivity contribution < 1.29 is 37.3 Å². The van der Waals surface area contributed by atoms with E-state index in [-0.39, 0.29) is 25.1 Å². The Bertz CT molecular complexity index is 1430. The maximum Gasteiger partial charge on any atom is 0.472 e. The van der Waals surface area contributed by atoms with Gasteiger partial charge >= 0.3 is 13.8 Å². The van der Waals surface area contributed by atoms with E-state index >= 15 is 0 Å². The predicted molar refractivity (Wildman–Crippen MR) is 337 cm³/mol.